The van der Waals surface area contributed by atoms with Crippen LogP contribution in [0.2, 0.25) is 0 Å². The fourth-order valence-corrected chi connectivity index (χ4v) is 2.24. The standard InChI is InChI=1S/C14H15F4N3/c1-3-6-21-8(2)20-12(13(21)19)10-5-4-9(15)7-11(10)14(16,17)18/h4-5,7H,3,6,19H2,1-2H3. The molecule has 0 atom stereocenters. The van der Waals surface area contributed by atoms with Gasteiger partial charge in [0.1, 0.15) is 23.2 Å². The Balaban J connectivity index is 2.65. The van der Waals surface area contributed by atoms with Gasteiger partial charge in [-0.3, -0.25) is 0 Å². The summed E-state index contributed by atoms with van der Waals surface area (Å²) < 4.78 is 54.0. The second kappa shape index (κ2) is 5.38. The third-order valence-electron chi connectivity index (χ3n) is 3.19. The maximum absolute atomic E-state index is 13.1. The van der Waals surface area contributed by atoms with E-state index >= 15 is 0 Å². The highest BCUT2D eigenvalue weighted by atomic mass is 19.4. The first-order valence-corrected chi connectivity index (χ1v) is 6.45. The number of hydrogen-bond donors (Lipinski definition) is 1. The van der Waals surface area contributed by atoms with Crippen molar-refractivity contribution in [2.45, 2.75) is 33.0 Å². The van der Waals surface area contributed by atoms with Crippen molar-refractivity contribution in [1.82, 2.24) is 9.55 Å². The van der Waals surface area contributed by atoms with Crippen LogP contribution in [-0.4, -0.2) is 9.55 Å². The predicted octanol–water partition coefficient (Wildman–Crippen LogP) is 4.01. The Bertz CT molecular complexity index is 659. The first kappa shape index (κ1) is 15.3. The molecule has 21 heavy (non-hydrogen) atoms. The topological polar surface area (TPSA) is 43.8 Å². The van der Waals surface area contributed by atoms with Crippen molar-refractivity contribution in [3.8, 4) is 11.3 Å². The molecule has 1 aromatic carbocycles. The van der Waals surface area contributed by atoms with Crippen LogP contribution in [0.5, 0.6) is 0 Å². The number of aromatic nitrogens is 2. The highest BCUT2D eigenvalue weighted by molar-refractivity contribution is 5.74. The van der Waals surface area contributed by atoms with Gasteiger partial charge < -0.3 is 10.3 Å². The number of alkyl halides is 3. The number of aryl methyl sites for hydroxylation is 1. The fraction of sp³-hybridized carbons (Fsp3) is 0.357. The molecule has 0 unspecified atom stereocenters. The van der Waals surface area contributed by atoms with E-state index in [0.29, 0.717) is 18.4 Å². The van der Waals surface area contributed by atoms with E-state index in [0.717, 1.165) is 18.6 Å². The third-order valence-corrected chi connectivity index (χ3v) is 3.19. The molecule has 1 aromatic heterocycles. The lowest BCUT2D eigenvalue weighted by Gasteiger charge is -2.12. The maximum atomic E-state index is 13.1. The largest absolute Gasteiger partial charge is 0.417 e. The zero-order chi connectivity index (χ0) is 15.8. The van der Waals surface area contributed by atoms with Crippen LogP contribution in [-0.2, 0) is 12.7 Å². The molecule has 0 bridgehead atoms. The Morgan fingerprint density at radius 2 is 1.95 bits per heavy atom. The molecule has 0 saturated heterocycles. The van der Waals surface area contributed by atoms with E-state index in [1.807, 2.05) is 6.92 Å². The average molecular weight is 301 g/mol. The van der Waals surface area contributed by atoms with Crippen molar-refractivity contribution >= 4 is 5.82 Å². The van der Waals surface area contributed by atoms with Crippen molar-refractivity contribution in [1.29, 1.82) is 0 Å². The molecule has 0 saturated carbocycles. The van der Waals surface area contributed by atoms with Crippen LogP contribution in [0, 0.1) is 12.7 Å². The molecule has 0 fully saturated rings. The van der Waals surface area contributed by atoms with Crippen LogP contribution >= 0.6 is 0 Å². The SMILES string of the molecule is CCCn1c(C)nc(-c2ccc(F)cc2C(F)(F)F)c1N. The van der Waals surface area contributed by atoms with Gasteiger partial charge >= 0.3 is 6.18 Å². The molecule has 0 aliphatic carbocycles. The van der Waals surface area contributed by atoms with Crippen LogP contribution in [0.3, 0.4) is 0 Å². The molecule has 0 spiro atoms. The van der Waals surface area contributed by atoms with Gasteiger partial charge in [-0.1, -0.05) is 6.92 Å². The van der Waals surface area contributed by atoms with Gasteiger partial charge in [0.2, 0.25) is 0 Å². The molecule has 114 valence electrons. The summed E-state index contributed by atoms with van der Waals surface area (Å²) in [4.78, 5) is 4.12. The van der Waals surface area contributed by atoms with Gasteiger partial charge in [-0.25, -0.2) is 9.37 Å². The lowest BCUT2D eigenvalue weighted by atomic mass is 10.0. The summed E-state index contributed by atoms with van der Waals surface area (Å²) in [6, 6.07) is 2.49. The van der Waals surface area contributed by atoms with Gasteiger partial charge in [0, 0.05) is 12.1 Å². The van der Waals surface area contributed by atoms with E-state index < -0.39 is 17.6 Å². The molecule has 2 aromatic rings. The molecule has 7 heteroatoms. The van der Waals surface area contributed by atoms with Gasteiger partial charge in [0.25, 0.3) is 0 Å². The molecule has 0 aliphatic rings. The molecular weight excluding hydrogens is 286 g/mol. The van der Waals surface area contributed by atoms with Crippen LogP contribution in [0.15, 0.2) is 18.2 Å². The van der Waals surface area contributed by atoms with E-state index in [1.165, 1.54) is 0 Å². The Morgan fingerprint density at radius 3 is 2.52 bits per heavy atom. The van der Waals surface area contributed by atoms with Gasteiger partial charge in [-0.05, 0) is 31.5 Å². The fourth-order valence-electron chi connectivity index (χ4n) is 2.24. The quantitative estimate of drug-likeness (QED) is 0.871. The number of rotatable bonds is 3. The molecule has 2 N–H and O–H groups in total. The Labute approximate surface area is 119 Å². The number of imidazole rings is 1. The van der Waals surface area contributed by atoms with Gasteiger partial charge in [-0.2, -0.15) is 13.2 Å². The highest BCUT2D eigenvalue weighted by Gasteiger charge is 2.35. The van der Waals surface area contributed by atoms with Crippen LogP contribution in [0.4, 0.5) is 23.4 Å². The lowest BCUT2D eigenvalue weighted by Crippen LogP contribution is -2.09. The van der Waals surface area contributed by atoms with Crippen LogP contribution in [0.1, 0.15) is 24.7 Å². The first-order valence-electron chi connectivity index (χ1n) is 6.45. The second-order valence-electron chi connectivity index (χ2n) is 4.73. The molecule has 0 radical (unpaired) electrons. The van der Waals surface area contributed by atoms with Crippen molar-refractivity contribution < 1.29 is 17.6 Å². The van der Waals surface area contributed by atoms with E-state index in [2.05, 4.69) is 4.98 Å². The summed E-state index contributed by atoms with van der Waals surface area (Å²) in [6.45, 7) is 4.16. The molecule has 1 heterocycles. The average Bonchev–Trinajstić information content (AvgIpc) is 2.66. The lowest BCUT2D eigenvalue weighted by molar-refractivity contribution is -0.137. The number of nitrogens with zero attached hydrogens (tertiary/aromatic N) is 2. The normalized spacial score (nSPS) is 11.9. The smallest absolute Gasteiger partial charge is 0.383 e. The van der Waals surface area contributed by atoms with Crippen LogP contribution < -0.4 is 5.73 Å². The molecular formula is C14H15F4N3. The zero-order valence-corrected chi connectivity index (χ0v) is 11.6. The molecule has 0 aliphatic heterocycles. The molecule has 3 nitrogen and oxygen atoms in total. The predicted molar refractivity (Wildman–Crippen MR) is 72.1 cm³/mol. The minimum absolute atomic E-state index is 0.0354. The first-order chi connectivity index (χ1) is 9.75. The van der Waals surface area contributed by atoms with E-state index in [1.54, 1.807) is 11.5 Å². The number of hydrogen-bond acceptors (Lipinski definition) is 2. The monoisotopic (exact) mass is 301 g/mol. The second-order valence-corrected chi connectivity index (χ2v) is 4.73. The summed E-state index contributed by atoms with van der Waals surface area (Å²) in [5.74, 6) is -0.261. The Hall–Kier alpha value is -2.05. The van der Waals surface area contributed by atoms with Gasteiger partial charge in [0.15, 0.2) is 0 Å². The van der Waals surface area contributed by atoms with Crippen molar-refractivity contribution in [2.24, 2.45) is 0 Å². The number of halogens is 4. The highest BCUT2D eigenvalue weighted by Crippen LogP contribution is 2.39. The van der Waals surface area contributed by atoms with Crippen molar-refractivity contribution in [3.63, 3.8) is 0 Å². The summed E-state index contributed by atoms with van der Waals surface area (Å²) in [6.07, 6.45) is -3.90. The Kier molecular flexibility index (Phi) is 3.93. The van der Waals surface area contributed by atoms with Crippen molar-refractivity contribution in [2.75, 3.05) is 5.73 Å². The Morgan fingerprint density at radius 1 is 1.29 bits per heavy atom. The number of benzene rings is 1. The van der Waals surface area contributed by atoms with E-state index in [4.69, 9.17) is 5.73 Å². The number of nitrogen functional groups attached to an aromatic ring is 1. The maximum Gasteiger partial charge on any atom is 0.417 e. The zero-order valence-electron chi connectivity index (χ0n) is 11.6. The van der Waals surface area contributed by atoms with Gasteiger partial charge in [0.05, 0.1) is 5.56 Å². The molecule has 0 amide bonds. The third kappa shape index (κ3) is 2.86. The summed E-state index contributed by atoms with van der Waals surface area (Å²) >= 11 is 0. The van der Waals surface area contributed by atoms with E-state index in [-0.39, 0.29) is 17.1 Å². The minimum Gasteiger partial charge on any atom is -0.383 e. The summed E-state index contributed by atoms with van der Waals surface area (Å²) in [5.41, 5.74) is 4.66. The summed E-state index contributed by atoms with van der Waals surface area (Å²) in [5, 5.41) is 0. The summed E-state index contributed by atoms with van der Waals surface area (Å²) in [7, 11) is 0. The van der Waals surface area contributed by atoms with E-state index in [9.17, 15) is 17.6 Å². The number of nitrogens with two attached hydrogens (primary N) is 1. The number of anilines is 1. The van der Waals surface area contributed by atoms with Crippen molar-refractivity contribution in [3.05, 3.63) is 35.4 Å². The molecule has 2 rings (SSSR count). The van der Waals surface area contributed by atoms with Gasteiger partial charge in [-0.15, -0.1) is 0 Å². The minimum atomic E-state index is -4.67. The van der Waals surface area contributed by atoms with Crippen LogP contribution in [0.25, 0.3) is 11.3 Å².